The Balaban J connectivity index is 1.79. The van der Waals surface area contributed by atoms with Crippen molar-refractivity contribution in [2.45, 2.75) is 57.8 Å². The molecule has 0 aliphatic heterocycles. The first-order valence-corrected chi connectivity index (χ1v) is 8.93. The van der Waals surface area contributed by atoms with E-state index in [1.807, 2.05) is 13.1 Å². The van der Waals surface area contributed by atoms with Crippen molar-refractivity contribution >= 4 is 6.21 Å². The second-order valence-corrected chi connectivity index (χ2v) is 8.08. The fourth-order valence-electron chi connectivity index (χ4n) is 5.94. The number of nitrogens with zero attached hydrogens (tertiary/aromatic N) is 1. The van der Waals surface area contributed by atoms with Crippen molar-refractivity contribution in [3.05, 3.63) is 28.8 Å². The van der Waals surface area contributed by atoms with Gasteiger partial charge in [-0.2, -0.15) is 0 Å². The Bertz CT molecular complexity index is 581. The van der Waals surface area contributed by atoms with Crippen LogP contribution in [0.2, 0.25) is 0 Å². The Morgan fingerprint density at radius 1 is 1.14 bits per heavy atom. The lowest BCUT2D eigenvalue weighted by Crippen LogP contribution is -2.48. The molecule has 22 heavy (non-hydrogen) atoms. The molecule has 4 aliphatic rings. The summed E-state index contributed by atoms with van der Waals surface area (Å²) in [5.74, 6) is 3.21. The Morgan fingerprint density at radius 2 is 1.73 bits per heavy atom. The van der Waals surface area contributed by atoms with Gasteiger partial charge in [0.1, 0.15) is 5.75 Å². The normalized spacial score (nSPS) is 36.4. The minimum absolute atomic E-state index is 0.250. The lowest BCUT2D eigenvalue weighted by atomic mass is 9.48. The highest BCUT2D eigenvalue weighted by Gasteiger charge is 2.52. The van der Waals surface area contributed by atoms with Crippen LogP contribution in [0.1, 0.15) is 62.1 Å². The first-order chi connectivity index (χ1) is 10.6. The topological polar surface area (TPSA) is 32.6 Å². The van der Waals surface area contributed by atoms with Gasteiger partial charge in [0.25, 0.3) is 0 Å². The largest absolute Gasteiger partial charge is 0.507 e. The average molecular weight is 297 g/mol. The molecule has 0 amide bonds. The van der Waals surface area contributed by atoms with E-state index >= 15 is 0 Å². The van der Waals surface area contributed by atoms with Crippen LogP contribution < -0.4 is 0 Å². The highest BCUT2D eigenvalue weighted by Crippen LogP contribution is 2.62. The zero-order chi connectivity index (χ0) is 15.3. The van der Waals surface area contributed by atoms with Crippen LogP contribution in [-0.4, -0.2) is 17.9 Å². The second-order valence-electron chi connectivity index (χ2n) is 8.08. The van der Waals surface area contributed by atoms with Crippen molar-refractivity contribution in [3.8, 4) is 5.75 Å². The Labute approximate surface area is 133 Å². The lowest BCUT2D eigenvalue weighted by Gasteiger charge is -2.57. The molecule has 5 rings (SSSR count). The molecule has 0 atom stereocenters. The fourth-order valence-corrected chi connectivity index (χ4v) is 5.94. The smallest absolute Gasteiger partial charge is 0.128 e. The molecular weight excluding hydrogens is 270 g/mol. The molecule has 4 saturated carbocycles. The standard InChI is InChI=1S/C20H27NO/c1-3-21-12-17-4-13(2)5-18(19(17)22)20-9-14-6-15(10-20)8-16(7-14)11-20/h4-5,12,14-16,22H,3,6-11H2,1-2H3. The highest BCUT2D eigenvalue weighted by molar-refractivity contribution is 5.84. The van der Waals surface area contributed by atoms with Crippen molar-refractivity contribution < 1.29 is 5.11 Å². The van der Waals surface area contributed by atoms with Gasteiger partial charge >= 0.3 is 0 Å². The van der Waals surface area contributed by atoms with E-state index in [1.165, 1.54) is 49.7 Å². The molecule has 1 aromatic rings. The van der Waals surface area contributed by atoms with Gasteiger partial charge in [0.05, 0.1) is 0 Å². The minimum Gasteiger partial charge on any atom is -0.507 e. The van der Waals surface area contributed by atoms with Gasteiger partial charge in [-0.3, -0.25) is 4.99 Å². The van der Waals surface area contributed by atoms with Crippen LogP contribution in [-0.2, 0) is 5.41 Å². The van der Waals surface area contributed by atoms with E-state index in [1.54, 1.807) is 0 Å². The van der Waals surface area contributed by atoms with Gasteiger partial charge < -0.3 is 5.11 Å². The first-order valence-electron chi connectivity index (χ1n) is 8.93. The summed E-state index contributed by atoms with van der Waals surface area (Å²) in [6.07, 6.45) is 10.1. The Hall–Kier alpha value is -1.31. The highest BCUT2D eigenvalue weighted by atomic mass is 16.3. The summed E-state index contributed by atoms with van der Waals surface area (Å²) in [4.78, 5) is 4.35. The summed E-state index contributed by atoms with van der Waals surface area (Å²) in [5, 5.41) is 10.9. The SMILES string of the molecule is CCN=Cc1cc(C)cc(C23CC4CC(CC(C4)C2)C3)c1O. The molecule has 0 heterocycles. The van der Waals surface area contributed by atoms with Crippen LogP contribution in [0, 0.1) is 24.7 Å². The van der Waals surface area contributed by atoms with Crippen molar-refractivity contribution in [3.63, 3.8) is 0 Å². The van der Waals surface area contributed by atoms with Crippen molar-refractivity contribution in [2.24, 2.45) is 22.7 Å². The van der Waals surface area contributed by atoms with Crippen LogP contribution in [0.5, 0.6) is 5.75 Å². The van der Waals surface area contributed by atoms with Crippen LogP contribution in [0.4, 0.5) is 0 Å². The predicted octanol–water partition coefficient (Wildman–Crippen LogP) is 4.61. The van der Waals surface area contributed by atoms with Crippen molar-refractivity contribution in [1.82, 2.24) is 0 Å². The monoisotopic (exact) mass is 297 g/mol. The van der Waals surface area contributed by atoms with Crippen LogP contribution >= 0.6 is 0 Å². The average Bonchev–Trinajstić information content (AvgIpc) is 2.46. The third kappa shape index (κ3) is 2.19. The molecule has 4 fully saturated rings. The van der Waals surface area contributed by atoms with Gasteiger partial charge in [0.15, 0.2) is 0 Å². The van der Waals surface area contributed by atoms with E-state index in [9.17, 15) is 5.11 Å². The van der Waals surface area contributed by atoms with E-state index in [-0.39, 0.29) is 5.41 Å². The Morgan fingerprint density at radius 3 is 2.27 bits per heavy atom. The molecule has 2 nitrogen and oxygen atoms in total. The molecule has 4 aliphatic carbocycles. The fraction of sp³-hybridized carbons (Fsp3) is 0.650. The zero-order valence-electron chi connectivity index (χ0n) is 13.8. The molecule has 0 spiro atoms. The Kier molecular flexibility index (Phi) is 3.32. The summed E-state index contributed by atoms with van der Waals surface area (Å²) < 4.78 is 0. The predicted molar refractivity (Wildman–Crippen MR) is 90.8 cm³/mol. The molecule has 2 heteroatoms. The molecule has 118 valence electrons. The number of benzene rings is 1. The summed E-state index contributed by atoms with van der Waals surface area (Å²) in [7, 11) is 0. The zero-order valence-corrected chi connectivity index (χ0v) is 13.8. The van der Waals surface area contributed by atoms with Crippen LogP contribution in [0.15, 0.2) is 17.1 Å². The second kappa shape index (κ2) is 5.11. The van der Waals surface area contributed by atoms with E-state index in [2.05, 4.69) is 24.0 Å². The van der Waals surface area contributed by atoms with Gasteiger partial charge in [-0.15, -0.1) is 0 Å². The lowest BCUT2D eigenvalue weighted by molar-refractivity contribution is -0.00616. The van der Waals surface area contributed by atoms with E-state index in [4.69, 9.17) is 0 Å². The number of hydrogen-bond acceptors (Lipinski definition) is 2. The van der Waals surface area contributed by atoms with E-state index < -0.39 is 0 Å². The molecular formula is C20H27NO. The number of phenols is 1. The number of rotatable bonds is 3. The van der Waals surface area contributed by atoms with E-state index in [0.717, 1.165) is 29.9 Å². The third-order valence-electron chi connectivity index (χ3n) is 6.31. The first kappa shape index (κ1) is 14.3. The molecule has 0 aromatic heterocycles. The quantitative estimate of drug-likeness (QED) is 0.812. The maximum atomic E-state index is 10.9. The molecule has 4 bridgehead atoms. The summed E-state index contributed by atoms with van der Waals surface area (Å²) >= 11 is 0. The molecule has 0 unspecified atom stereocenters. The third-order valence-corrected chi connectivity index (χ3v) is 6.31. The van der Waals surface area contributed by atoms with Crippen LogP contribution in [0.25, 0.3) is 0 Å². The summed E-state index contributed by atoms with van der Waals surface area (Å²) in [6.45, 7) is 4.94. The van der Waals surface area contributed by atoms with Crippen molar-refractivity contribution in [2.75, 3.05) is 6.54 Å². The minimum atomic E-state index is 0.250. The number of phenolic OH excluding ortho intramolecular Hbond substituents is 1. The molecule has 0 radical (unpaired) electrons. The number of aryl methyl sites for hydroxylation is 1. The number of aliphatic imine (C=N–C) groups is 1. The number of aromatic hydroxyl groups is 1. The maximum absolute atomic E-state index is 10.9. The van der Waals surface area contributed by atoms with Crippen LogP contribution in [0.3, 0.4) is 0 Å². The van der Waals surface area contributed by atoms with Gasteiger partial charge in [0.2, 0.25) is 0 Å². The molecule has 1 N–H and O–H groups in total. The van der Waals surface area contributed by atoms with Gasteiger partial charge in [-0.25, -0.2) is 0 Å². The van der Waals surface area contributed by atoms with Crippen molar-refractivity contribution in [1.29, 1.82) is 0 Å². The number of hydrogen-bond donors (Lipinski definition) is 1. The molecule has 0 saturated heterocycles. The molecule has 1 aromatic carbocycles. The van der Waals surface area contributed by atoms with Gasteiger partial charge in [0, 0.05) is 23.9 Å². The maximum Gasteiger partial charge on any atom is 0.128 e. The van der Waals surface area contributed by atoms with Gasteiger partial charge in [-0.05, 0) is 87.2 Å². The summed E-state index contributed by atoms with van der Waals surface area (Å²) in [5.41, 5.74) is 3.64. The van der Waals surface area contributed by atoms with Gasteiger partial charge in [-0.1, -0.05) is 6.07 Å². The van der Waals surface area contributed by atoms with E-state index in [0.29, 0.717) is 5.75 Å². The summed E-state index contributed by atoms with van der Waals surface area (Å²) in [6, 6.07) is 4.32.